The van der Waals surface area contributed by atoms with Gasteiger partial charge in [0.2, 0.25) is 0 Å². The molecule has 0 heterocycles. The first-order valence-electron chi connectivity index (χ1n) is 9.06. The van der Waals surface area contributed by atoms with Crippen LogP contribution in [0.25, 0.3) is 0 Å². The maximum absolute atomic E-state index is 12.1. The van der Waals surface area contributed by atoms with Crippen LogP contribution in [0.2, 0.25) is 0 Å². The van der Waals surface area contributed by atoms with Gasteiger partial charge >= 0.3 is 0 Å². The number of nitrogens with one attached hydrogen (secondary N) is 2. The Hall–Kier alpha value is -3.75. The van der Waals surface area contributed by atoms with Crippen LogP contribution in [0.5, 0.6) is 0 Å². The standard InChI is InChI=1S/C20H22N4O5/c1-3-14-7-5-8-15(4-2)20(14)23-19(26)13-29-21-12-18(25)22-16-9-6-10-17(11-16)24(27)28/h5-12H,3-4,13H2,1-2H3,(H,22,25)(H,23,26)/b21-12-. The summed E-state index contributed by atoms with van der Waals surface area (Å²) in [4.78, 5) is 38.9. The molecule has 0 spiro atoms. The quantitative estimate of drug-likeness (QED) is 0.381. The number of para-hydroxylation sites is 1. The number of rotatable bonds is 9. The molecule has 0 unspecified atom stereocenters. The number of nitro groups is 1. The number of benzene rings is 2. The fourth-order valence-electron chi connectivity index (χ4n) is 2.63. The van der Waals surface area contributed by atoms with Gasteiger partial charge < -0.3 is 15.5 Å². The number of oxime groups is 1. The van der Waals surface area contributed by atoms with E-state index in [1.54, 1.807) is 0 Å². The second-order valence-electron chi connectivity index (χ2n) is 6.01. The molecule has 0 bridgehead atoms. The van der Waals surface area contributed by atoms with Crippen LogP contribution in [0.4, 0.5) is 17.1 Å². The Morgan fingerprint density at radius 1 is 1.10 bits per heavy atom. The molecular formula is C20H22N4O5. The predicted octanol–water partition coefficient (Wildman–Crippen LogP) is 3.30. The van der Waals surface area contributed by atoms with Gasteiger partial charge in [-0.25, -0.2) is 0 Å². The summed E-state index contributed by atoms with van der Waals surface area (Å²) in [5.74, 6) is -1.03. The number of non-ortho nitro benzene ring substituents is 1. The van der Waals surface area contributed by atoms with E-state index < -0.39 is 16.7 Å². The zero-order valence-corrected chi connectivity index (χ0v) is 16.2. The molecule has 0 saturated carbocycles. The van der Waals surface area contributed by atoms with E-state index in [0.717, 1.165) is 35.9 Å². The molecule has 2 aromatic rings. The molecule has 0 saturated heterocycles. The summed E-state index contributed by atoms with van der Waals surface area (Å²) >= 11 is 0. The number of hydrogen-bond donors (Lipinski definition) is 2. The Labute approximate surface area is 167 Å². The number of anilines is 2. The van der Waals surface area contributed by atoms with E-state index >= 15 is 0 Å². The number of carbonyl (C=O) groups is 2. The fourth-order valence-corrected chi connectivity index (χ4v) is 2.63. The van der Waals surface area contributed by atoms with Crippen LogP contribution in [0.3, 0.4) is 0 Å². The van der Waals surface area contributed by atoms with Gasteiger partial charge in [0.05, 0.1) is 4.92 Å². The molecule has 9 nitrogen and oxygen atoms in total. The fraction of sp³-hybridized carbons (Fsp3) is 0.250. The van der Waals surface area contributed by atoms with Crippen molar-refractivity contribution >= 4 is 35.1 Å². The van der Waals surface area contributed by atoms with Gasteiger partial charge in [-0.1, -0.05) is 43.3 Å². The molecule has 0 fully saturated rings. The first kappa shape index (κ1) is 21.5. The lowest BCUT2D eigenvalue weighted by atomic mass is 10.0. The molecule has 0 atom stereocenters. The summed E-state index contributed by atoms with van der Waals surface area (Å²) in [6.45, 7) is 3.65. The van der Waals surface area contributed by atoms with E-state index in [1.807, 2.05) is 32.0 Å². The zero-order valence-electron chi connectivity index (χ0n) is 16.2. The van der Waals surface area contributed by atoms with Crippen LogP contribution in [-0.4, -0.2) is 29.6 Å². The molecule has 2 amide bonds. The second kappa shape index (κ2) is 10.5. The molecule has 0 radical (unpaired) electrons. The third-order valence-electron chi connectivity index (χ3n) is 4.03. The Morgan fingerprint density at radius 2 is 1.76 bits per heavy atom. The van der Waals surface area contributed by atoms with Gasteiger partial charge in [0, 0.05) is 23.5 Å². The van der Waals surface area contributed by atoms with Gasteiger partial charge in [0.15, 0.2) is 6.61 Å². The normalized spacial score (nSPS) is 10.6. The summed E-state index contributed by atoms with van der Waals surface area (Å²) < 4.78 is 0. The van der Waals surface area contributed by atoms with E-state index in [9.17, 15) is 19.7 Å². The van der Waals surface area contributed by atoms with Crippen LogP contribution in [0.15, 0.2) is 47.6 Å². The minimum absolute atomic E-state index is 0.147. The first-order valence-corrected chi connectivity index (χ1v) is 9.06. The lowest BCUT2D eigenvalue weighted by Gasteiger charge is -2.13. The Kier molecular flexibility index (Phi) is 7.84. The second-order valence-corrected chi connectivity index (χ2v) is 6.01. The maximum Gasteiger partial charge on any atom is 0.271 e. The summed E-state index contributed by atoms with van der Waals surface area (Å²) in [6, 6.07) is 11.3. The largest absolute Gasteiger partial charge is 0.385 e. The summed E-state index contributed by atoms with van der Waals surface area (Å²) in [7, 11) is 0. The monoisotopic (exact) mass is 398 g/mol. The highest BCUT2D eigenvalue weighted by Crippen LogP contribution is 2.22. The molecule has 2 rings (SSSR count). The Balaban J connectivity index is 1.86. The number of hydrogen-bond acceptors (Lipinski definition) is 6. The molecule has 0 aliphatic rings. The van der Waals surface area contributed by atoms with Crippen molar-refractivity contribution < 1.29 is 19.3 Å². The molecule has 9 heteroatoms. The van der Waals surface area contributed by atoms with Crippen molar-refractivity contribution in [3.63, 3.8) is 0 Å². The van der Waals surface area contributed by atoms with Crippen LogP contribution in [0.1, 0.15) is 25.0 Å². The van der Waals surface area contributed by atoms with E-state index in [2.05, 4.69) is 15.8 Å². The highest BCUT2D eigenvalue weighted by molar-refractivity contribution is 6.31. The SMILES string of the molecule is CCc1cccc(CC)c1NC(=O)CO/N=C\C(=O)Nc1cccc([N+](=O)[O-])c1. The lowest BCUT2D eigenvalue weighted by molar-refractivity contribution is -0.384. The van der Waals surface area contributed by atoms with Crippen LogP contribution in [0, 0.1) is 10.1 Å². The Bertz CT molecular complexity index is 905. The summed E-state index contributed by atoms with van der Waals surface area (Å²) in [5, 5.41) is 19.4. The molecular weight excluding hydrogens is 376 g/mol. The molecule has 2 N–H and O–H groups in total. The average molecular weight is 398 g/mol. The van der Waals surface area contributed by atoms with Gasteiger partial charge in [0.1, 0.15) is 6.21 Å². The van der Waals surface area contributed by atoms with Crippen molar-refractivity contribution in [3.8, 4) is 0 Å². The van der Waals surface area contributed by atoms with Crippen molar-refractivity contribution in [1.29, 1.82) is 0 Å². The average Bonchev–Trinajstić information content (AvgIpc) is 2.71. The highest BCUT2D eigenvalue weighted by atomic mass is 16.6. The molecule has 0 aromatic heterocycles. The van der Waals surface area contributed by atoms with Crippen LogP contribution >= 0.6 is 0 Å². The van der Waals surface area contributed by atoms with Crippen molar-refractivity contribution in [2.45, 2.75) is 26.7 Å². The zero-order chi connectivity index (χ0) is 21.2. The first-order chi connectivity index (χ1) is 13.9. The molecule has 29 heavy (non-hydrogen) atoms. The number of amides is 2. The van der Waals surface area contributed by atoms with Crippen molar-refractivity contribution in [3.05, 3.63) is 63.7 Å². The number of aryl methyl sites for hydroxylation is 2. The van der Waals surface area contributed by atoms with Crippen LogP contribution in [-0.2, 0) is 27.3 Å². The van der Waals surface area contributed by atoms with E-state index in [1.165, 1.54) is 24.3 Å². The number of nitro benzene ring substituents is 1. The minimum atomic E-state index is -0.643. The van der Waals surface area contributed by atoms with E-state index in [-0.39, 0.29) is 18.0 Å². The molecule has 2 aromatic carbocycles. The third-order valence-corrected chi connectivity index (χ3v) is 4.03. The van der Waals surface area contributed by atoms with Crippen LogP contribution < -0.4 is 10.6 Å². The van der Waals surface area contributed by atoms with Gasteiger partial charge in [-0.15, -0.1) is 0 Å². The maximum atomic E-state index is 12.1. The van der Waals surface area contributed by atoms with Crippen molar-refractivity contribution in [2.75, 3.05) is 17.2 Å². The topological polar surface area (TPSA) is 123 Å². The predicted molar refractivity (Wildman–Crippen MR) is 110 cm³/mol. The van der Waals surface area contributed by atoms with E-state index in [4.69, 9.17) is 4.84 Å². The number of carbonyl (C=O) groups excluding carboxylic acids is 2. The van der Waals surface area contributed by atoms with Crippen molar-refractivity contribution in [1.82, 2.24) is 0 Å². The smallest absolute Gasteiger partial charge is 0.271 e. The van der Waals surface area contributed by atoms with Gasteiger partial charge in [-0.2, -0.15) is 0 Å². The number of nitrogens with zero attached hydrogens (tertiary/aromatic N) is 2. The van der Waals surface area contributed by atoms with Gasteiger partial charge in [-0.3, -0.25) is 19.7 Å². The molecule has 152 valence electrons. The van der Waals surface area contributed by atoms with Gasteiger partial charge in [0.25, 0.3) is 17.5 Å². The summed E-state index contributed by atoms with van der Waals surface area (Å²) in [5.41, 5.74) is 2.93. The molecule has 0 aliphatic heterocycles. The third kappa shape index (κ3) is 6.42. The van der Waals surface area contributed by atoms with E-state index in [0.29, 0.717) is 0 Å². The molecule has 0 aliphatic carbocycles. The highest BCUT2D eigenvalue weighted by Gasteiger charge is 2.11. The summed E-state index contributed by atoms with van der Waals surface area (Å²) in [6.07, 6.45) is 2.41. The van der Waals surface area contributed by atoms with Crippen molar-refractivity contribution in [2.24, 2.45) is 5.16 Å². The Morgan fingerprint density at radius 3 is 2.38 bits per heavy atom. The minimum Gasteiger partial charge on any atom is -0.385 e. The van der Waals surface area contributed by atoms with Gasteiger partial charge in [-0.05, 0) is 30.0 Å². The lowest BCUT2D eigenvalue weighted by Crippen LogP contribution is -2.19.